The van der Waals surface area contributed by atoms with Crippen LogP contribution in [0.15, 0.2) is 6.07 Å². The standard InChI is InChI=1S/C23H34N6O3/c1-17-15-18(21-22(25-17)29-9-5-3-4-7-19(29)26-21)23(31)28-12-10-27(11-13-28)16-20(30)24-8-6-14-32-2/h15H,3-14,16H2,1-2H3,(H,24,30). The number of hydrogen-bond donors (Lipinski definition) is 1. The van der Waals surface area contributed by atoms with E-state index in [4.69, 9.17) is 14.7 Å². The average molecular weight is 443 g/mol. The number of nitrogens with one attached hydrogen (secondary N) is 1. The third kappa shape index (κ3) is 5.10. The van der Waals surface area contributed by atoms with Gasteiger partial charge >= 0.3 is 0 Å². The number of carbonyl (C=O) groups excluding carboxylic acids is 2. The zero-order chi connectivity index (χ0) is 22.5. The van der Waals surface area contributed by atoms with Gasteiger partial charge in [0.15, 0.2) is 5.65 Å². The van der Waals surface area contributed by atoms with Crippen LogP contribution in [0.5, 0.6) is 0 Å². The van der Waals surface area contributed by atoms with Gasteiger partial charge in [0.2, 0.25) is 5.91 Å². The van der Waals surface area contributed by atoms with Gasteiger partial charge in [0.25, 0.3) is 5.91 Å². The van der Waals surface area contributed by atoms with Crippen LogP contribution in [0.1, 0.15) is 47.6 Å². The first-order valence-corrected chi connectivity index (χ1v) is 11.7. The van der Waals surface area contributed by atoms with Gasteiger partial charge in [-0.1, -0.05) is 6.42 Å². The Bertz CT molecular complexity index is 964. The number of ether oxygens (including phenoxy) is 1. The highest BCUT2D eigenvalue weighted by Crippen LogP contribution is 2.25. The maximum absolute atomic E-state index is 13.4. The molecular formula is C23H34N6O3. The van der Waals surface area contributed by atoms with Crippen molar-refractivity contribution in [2.75, 3.05) is 53.0 Å². The molecule has 4 rings (SSSR count). The van der Waals surface area contributed by atoms with E-state index in [1.54, 1.807) is 7.11 Å². The number of piperazine rings is 1. The van der Waals surface area contributed by atoms with E-state index in [2.05, 4.69) is 14.8 Å². The second kappa shape index (κ2) is 10.4. The molecule has 0 aliphatic carbocycles. The van der Waals surface area contributed by atoms with Crippen molar-refractivity contribution in [3.05, 3.63) is 23.1 Å². The van der Waals surface area contributed by atoms with Gasteiger partial charge in [-0.2, -0.15) is 0 Å². The summed E-state index contributed by atoms with van der Waals surface area (Å²) in [6.07, 6.45) is 5.21. The van der Waals surface area contributed by atoms with Crippen molar-refractivity contribution in [1.29, 1.82) is 0 Å². The van der Waals surface area contributed by atoms with Crippen molar-refractivity contribution in [3.63, 3.8) is 0 Å². The first kappa shape index (κ1) is 22.7. The van der Waals surface area contributed by atoms with Gasteiger partial charge in [-0.3, -0.25) is 14.5 Å². The Morgan fingerprint density at radius 2 is 1.91 bits per heavy atom. The molecule has 1 saturated heterocycles. The van der Waals surface area contributed by atoms with Gasteiger partial charge < -0.3 is 19.5 Å². The van der Waals surface area contributed by atoms with Gasteiger partial charge in [-0.25, -0.2) is 9.97 Å². The molecule has 4 heterocycles. The Balaban J connectivity index is 1.40. The van der Waals surface area contributed by atoms with Gasteiger partial charge in [0.1, 0.15) is 11.3 Å². The van der Waals surface area contributed by atoms with Gasteiger partial charge in [0, 0.05) is 65.1 Å². The van der Waals surface area contributed by atoms with Crippen molar-refractivity contribution in [1.82, 2.24) is 29.7 Å². The lowest BCUT2D eigenvalue weighted by Crippen LogP contribution is -2.51. The van der Waals surface area contributed by atoms with Crippen LogP contribution in [0.4, 0.5) is 0 Å². The number of hydrogen-bond acceptors (Lipinski definition) is 6. The summed E-state index contributed by atoms with van der Waals surface area (Å²) < 4.78 is 7.20. The predicted octanol–water partition coefficient (Wildman–Crippen LogP) is 1.38. The van der Waals surface area contributed by atoms with E-state index in [-0.39, 0.29) is 11.8 Å². The molecule has 174 valence electrons. The summed E-state index contributed by atoms with van der Waals surface area (Å²) >= 11 is 0. The zero-order valence-electron chi connectivity index (χ0n) is 19.2. The lowest BCUT2D eigenvalue weighted by Gasteiger charge is -2.34. The number of aromatic nitrogens is 3. The number of carbonyl (C=O) groups is 2. The lowest BCUT2D eigenvalue weighted by molar-refractivity contribution is -0.122. The minimum absolute atomic E-state index is 0.0115. The van der Waals surface area contributed by atoms with Crippen molar-refractivity contribution in [2.24, 2.45) is 0 Å². The maximum atomic E-state index is 13.4. The smallest absolute Gasteiger partial charge is 0.256 e. The third-order valence-corrected chi connectivity index (χ3v) is 6.30. The Morgan fingerprint density at radius 3 is 2.69 bits per heavy atom. The number of methoxy groups -OCH3 is 1. The van der Waals surface area contributed by atoms with Crippen LogP contribution < -0.4 is 5.32 Å². The summed E-state index contributed by atoms with van der Waals surface area (Å²) in [4.78, 5) is 39.1. The minimum Gasteiger partial charge on any atom is -0.385 e. The molecule has 2 aromatic heterocycles. The summed E-state index contributed by atoms with van der Waals surface area (Å²) in [5.41, 5.74) is 3.07. The van der Waals surface area contributed by atoms with E-state index >= 15 is 0 Å². The van der Waals surface area contributed by atoms with E-state index in [1.165, 1.54) is 6.42 Å². The average Bonchev–Trinajstić information content (AvgIpc) is 2.97. The second-order valence-corrected chi connectivity index (χ2v) is 8.74. The zero-order valence-corrected chi connectivity index (χ0v) is 19.2. The normalized spacial score (nSPS) is 17.2. The quantitative estimate of drug-likeness (QED) is 0.652. The Labute approximate surface area is 189 Å². The topological polar surface area (TPSA) is 92.6 Å². The molecule has 2 aliphatic rings. The van der Waals surface area contributed by atoms with Crippen molar-refractivity contribution >= 4 is 23.0 Å². The fourth-order valence-corrected chi connectivity index (χ4v) is 4.56. The van der Waals surface area contributed by atoms with Crippen LogP contribution in [-0.4, -0.2) is 89.1 Å². The SMILES string of the molecule is COCCCNC(=O)CN1CCN(C(=O)c2cc(C)nc3c2nc2n3CCCCC2)CC1. The summed E-state index contributed by atoms with van der Waals surface area (Å²) in [6, 6.07) is 1.87. The molecule has 2 aliphatic heterocycles. The van der Waals surface area contributed by atoms with Crippen LogP contribution in [-0.2, 0) is 22.5 Å². The van der Waals surface area contributed by atoms with Gasteiger partial charge in [0.05, 0.1) is 12.1 Å². The molecule has 0 atom stereocenters. The highest BCUT2D eigenvalue weighted by Gasteiger charge is 2.27. The van der Waals surface area contributed by atoms with E-state index in [1.807, 2.05) is 17.9 Å². The first-order valence-electron chi connectivity index (χ1n) is 11.7. The molecule has 9 nitrogen and oxygen atoms in total. The van der Waals surface area contributed by atoms with E-state index < -0.39 is 0 Å². The van der Waals surface area contributed by atoms with E-state index in [9.17, 15) is 9.59 Å². The number of amides is 2. The third-order valence-electron chi connectivity index (χ3n) is 6.30. The van der Waals surface area contributed by atoms with Crippen LogP contribution in [0.2, 0.25) is 0 Å². The van der Waals surface area contributed by atoms with Crippen LogP contribution in [0.3, 0.4) is 0 Å². The van der Waals surface area contributed by atoms with Crippen molar-refractivity contribution < 1.29 is 14.3 Å². The molecule has 0 unspecified atom stereocenters. The maximum Gasteiger partial charge on any atom is 0.256 e. The number of imidazole rings is 1. The Hall–Kier alpha value is -2.52. The molecule has 0 spiro atoms. The molecule has 2 aromatic rings. The lowest BCUT2D eigenvalue weighted by atomic mass is 10.1. The molecule has 0 aromatic carbocycles. The fourth-order valence-electron chi connectivity index (χ4n) is 4.56. The number of nitrogens with zero attached hydrogens (tertiary/aromatic N) is 5. The van der Waals surface area contributed by atoms with Crippen LogP contribution in [0.25, 0.3) is 11.2 Å². The van der Waals surface area contributed by atoms with Crippen molar-refractivity contribution in [3.8, 4) is 0 Å². The molecule has 9 heteroatoms. The summed E-state index contributed by atoms with van der Waals surface area (Å²) in [5.74, 6) is 1.08. The Morgan fingerprint density at radius 1 is 1.09 bits per heavy atom. The first-order chi connectivity index (χ1) is 15.6. The highest BCUT2D eigenvalue weighted by atomic mass is 16.5. The van der Waals surface area contributed by atoms with Gasteiger partial charge in [-0.15, -0.1) is 0 Å². The predicted molar refractivity (Wildman–Crippen MR) is 122 cm³/mol. The Kier molecular flexibility index (Phi) is 7.36. The van der Waals surface area contributed by atoms with E-state index in [0.29, 0.717) is 51.4 Å². The van der Waals surface area contributed by atoms with Crippen LogP contribution >= 0.6 is 0 Å². The molecule has 0 bridgehead atoms. The molecule has 2 amide bonds. The highest BCUT2D eigenvalue weighted by molar-refractivity contribution is 6.04. The number of rotatable bonds is 7. The fraction of sp³-hybridized carbons (Fsp3) is 0.652. The second-order valence-electron chi connectivity index (χ2n) is 8.74. The summed E-state index contributed by atoms with van der Waals surface area (Å²) in [6.45, 7) is 7.06. The van der Waals surface area contributed by atoms with Crippen molar-refractivity contribution in [2.45, 2.75) is 45.6 Å². The molecule has 0 saturated carbocycles. The monoisotopic (exact) mass is 442 g/mol. The molecular weight excluding hydrogens is 408 g/mol. The molecule has 0 radical (unpaired) electrons. The molecule has 1 N–H and O–H groups in total. The molecule has 32 heavy (non-hydrogen) atoms. The summed E-state index contributed by atoms with van der Waals surface area (Å²) in [7, 11) is 1.66. The number of aryl methyl sites for hydroxylation is 3. The number of pyridine rings is 1. The minimum atomic E-state index is 0.0115. The number of fused-ring (bicyclic) bond motifs is 3. The van der Waals surface area contributed by atoms with E-state index in [0.717, 1.165) is 54.9 Å². The summed E-state index contributed by atoms with van der Waals surface area (Å²) in [5, 5.41) is 2.92. The molecule has 1 fully saturated rings. The largest absolute Gasteiger partial charge is 0.385 e. The van der Waals surface area contributed by atoms with Crippen LogP contribution in [0, 0.1) is 6.92 Å². The van der Waals surface area contributed by atoms with Gasteiger partial charge in [-0.05, 0) is 32.3 Å².